The third-order valence-corrected chi connectivity index (χ3v) is 6.09. The Labute approximate surface area is 191 Å². The van der Waals surface area contributed by atoms with Gasteiger partial charge in [-0.05, 0) is 32.9 Å². The molecule has 33 heavy (non-hydrogen) atoms. The Balaban J connectivity index is 1.40. The standard InChI is InChI=1S/C24H27N5O4/c1-4-28-13-15(8-21(28)30)14-32-20-10-19-16(11-24(2,3)33-19)9-18(20)27-23(31)17-12-26-29-7-5-6-25-22(17)29/h5-7,9-10,12,15H,4,8,11,13-14H2,1-3H3,(H,27,31)/t15-/m1/s1. The third-order valence-electron chi connectivity index (χ3n) is 6.09. The molecule has 0 spiro atoms. The number of rotatable bonds is 6. The lowest BCUT2D eigenvalue weighted by Gasteiger charge is -2.18. The molecule has 0 aliphatic carbocycles. The van der Waals surface area contributed by atoms with Gasteiger partial charge in [-0.2, -0.15) is 5.10 Å². The Hall–Kier alpha value is -3.62. The highest BCUT2D eigenvalue weighted by Gasteiger charge is 2.33. The minimum atomic E-state index is -0.325. The molecule has 0 saturated carbocycles. The zero-order valence-electron chi connectivity index (χ0n) is 19.0. The molecule has 1 N–H and O–H groups in total. The minimum Gasteiger partial charge on any atom is -0.491 e. The fraction of sp³-hybridized carbons (Fsp3) is 0.417. The monoisotopic (exact) mass is 449 g/mol. The van der Waals surface area contributed by atoms with Crippen LogP contribution in [0.5, 0.6) is 11.5 Å². The fourth-order valence-electron chi connectivity index (χ4n) is 4.50. The maximum absolute atomic E-state index is 13.1. The smallest absolute Gasteiger partial charge is 0.261 e. The molecule has 1 aromatic carbocycles. The first-order valence-corrected chi connectivity index (χ1v) is 11.2. The molecule has 172 valence electrons. The molecule has 2 aliphatic rings. The summed E-state index contributed by atoms with van der Waals surface area (Å²) in [5.74, 6) is 1.21. The van der Waals surface area contributed by atoms with Crippen LogP contribution < -0.4 is 14.8 Å². The quantitative estimate of drug-likeness (QED) is 0.621. The van der Waals surface area contributed by atoms with Crippen molar-refractivity contribution in [1.29, 1.82) is 0 Å². The van der Waals surface area contributed by atoms with Gasteiger partial charge in [0.25, 0.3) is 5.91 Å². The average Bonchev–Trinajstić information content (AvgIpc) is 3.45. The molecular weight excluding hydrogens is 422 g/mol. The van der Waals surface area contributed by atoms with Crippen molar-refractivity contribution in [2.24, 2.45) is 5.92 Å². The number of benzene rings is 1. The van der Waals surface area contributed by atoms with Gasteiger partial charge in [0.1, 0.15) is 22.7 Å². The Morgan fingerprint density at radius 2 is 2.21 bits per heavy atom. The molecule has 1 fully saturated rings. The molecule has 1 atom stereocenters. The lowest BCUT2D eigenvalue weighted by Crippen LogP contribution is -2.25. The Kier molecular flexibility index (Phi) is 5.19. The van der Waals surface area contributed by atoms with E-state index in [1.807, 2.05) is 37.8 Å². The van der Waals surface area contributed by atoms with Gasteiger partial charge in [0.2, 0.25) is 5.91 Å². The van der Waals surface area contributed by atoms with Crippen LogP contribution in [0, 0.1) is 5.92 Å². The van der Waals surface area contributed by atoms with Crippen LogP contribution in [0.25, 0.3) is 5.65 Å². The third kappa shape index (κ3) is 4.10. The summed E-state index contributed by atoms with van der Waals surface area (Å²) in [4.78, 5) is 31.3. The first-order chi connectivity index (χ1) is 15.8. The summed E-state index contributed by atoms with van der Waals surface area (Å²) in [6, 6.07) is 5.50. The number of amides is 2. The van der Waals surface area contributed by atoms with Crippen molar-refractivity contribution in [2.45, 2.75) is 39.2 Å². The molecule has 1 saturated heterocycles. The number of nitrogens with zero attached hydrogens (tertiary/aromatic N) is 4. The van der Waals surface area contributed by atoms with Crippen LogP contribution in [0.3, 0.4) is 0 Å². The normalized spacial score (nSPS) is 18.9. The zero-order chi connectivity index (χ0) is 23.2. The molecule has 9 heteroatoms. The summed E-state index contributed by atoms with van der Waals surface area (Å²) in [5.41, 5.74) is 2.10. The first-order valence-electron chi connectivity index (χ1n) is 11.2. The van der Waals surface area contributed by atoms with Gasteiger partial charge in [-0.3, -0.25) is 9.59 Å². The van der Waals surface area contributed by atoms with E-state index in [2.05, 4.69) is 15.4 Å². The van der Waals surface area contributed by atoms with Gasteiger partial charge in [-0.15, -0.1) is 0 Å². The van der Waals surface area contributed by atoms with E-state index in [9.17, 15) is 9.59 Å². The molecule has 4 heterocycles. The SMILES string of the molecule is CCN1C[C@H](COc2cc3c(cc2NC(=O)c2cnn4cccnc24)CC(C)(C)O3)CC1=O. The van der Waals surface area contributed by atoms with Crippen LogP contribution >= 0.6 is 0 Å². The highest BCUT2D eigenvalue weighted by atomic mass is 16.5. The number of carbonyl (C=O) groups is 2. The van der Waals surface area contributed by atoms with Crippen molar-refractivity contribution in [3.05, 3.63) is 47.9 Å². The van der Waals surface area contributed by atoms with Crippen molar-refractivity contribution in [1.82, 2.24) is 19.5 Å². The number of aromatic nitrogens is 3. The van der Waals surface area contributed by atoms with Crippen LogP contribution in [0.2, 0.25) is 0 Å². The number of carbonyl (C=O) groups excluding carboxylic acids is 2. The Morgan fingerprint density at radius 3 is 3.00 bits per heavy atom. The molecule has 0 bridgehead atoms. The average molecular weight is 450 g/mol. The second-order valence-electron chi connectivity index (χ2n) is 9.21. The molecule has 3 aromatic rings. The van der Waals surface area contributed by atoms with Gasteiger partial charge < -0.3 is 19.7 Å². The van der Waals surface area contributed by atoms with E-state index in [4.69, 9.17) is 9.47 Å². The largest absolute Gasteiger partial charge is 0.491 e. The molecular formula is C24H27N5O4. The number of anilines is 1. The molecule has 5 rings (SSSR count). The highest BCUT2D eigenvalue weighted by molar-refractivity contribution is 6.08. The predicted molar refractivity (Wildman–Crippen MR) is 122 cm³/mol. The van der Waals surface area contributed by atoms with Crippen LogP contribution in [0.15, 0.2) is 36.8 Å². The van der Waals surface area contributed by atoms with E-state index in [0.717, 1.165) is 17.7 Å². The van der Waals surface area contributed by atoms with E-state index in [1.165, 1.54) is 6.20 Å². The second-order valence-corrected chi connectivity index (χ2v) is 9.21. The van der Waals surface area contributed by atoms with Gasteiger partial charge in [0, 0.05) is 55.9 Å². The second kappa shape index (κ2) is 8.06. The fourth-order valence-corrected chi connectivity index (χ4v) is 4.50. The van der Waals surface area contributed by atoms with Crippen molar-refractivity contribution < 1.29 is 19.1 Å². The van der Waals surface area contributed by atoms with Gasteiger partial charge in [-0.1, -0.05) is 0 Å². The molecule has 9 nitrogen and oxygen atoms in total. The van der Waals surface area contributed by atoms with E-state index in [1.54, 1.807) is 23.0 Å². The van der Waals surface area contributed by atoms with Crippen LogP contribution in [-0.4, -0.2) is 56.6 Å². The predicted octanol–water partition coefficient (Wildman–Crippen LogP) is 2.94. The lowest BCUT2D eigenvalue weighted by atomic mass is 10.0. The maximum Gasteiger partial charge on any atom is 0.261 e. The summed E-state index contributed by atoms with van der Waals surface area (Å²) in [5, 5.41) is 7.17. The minimum absolute atomic E-state index is 0.107. The molecule has 0 radical (unpaired) electrons. The Morgan fingerprint density at radius 1 is 1.36 bits per heavy atom. The number of ether oxygens (including phenoxy) is 2. The highest BCUT2D eigenvalue weighted by Crippen LogP contribution is 2.41. The van der Waals surface area contributed by atoms with Gasteiger partial charge in [0.05, 0.1) is 18.5 Å². The van der Waals surface area contributed by atoms with Crippen molar-refractivity contribution >= 4 is 23.1 Å². The van der Waals surface area contributed by atoms with Crippen molar-refractivity contribution in [3.63, 3.8) is 0 Å². The number of hydrogen-bond donors (Lipinski definition) is 1. The summed E-state index contributed by atoms with van der Waals surface area (Å²) < 4.78 is 13.8. The van der Waals surface area contributed by atoms with Crippen molar-refractivity contribution in [3.8, 4) is 11.5 Å². The summed E-state index contributed by atoms with van der Waals surface area (Å²) in [6.45, 7) is 7.79. The van der Waals surface area contributed by atoms with E-state index >= 15 is 0 Å². The Bertz CT molecular complexity index is 1230. The molecule has 2 aliphatic heterocycles. The molecule has 2 amide bonds. The number of nitrogens with one attached hydrogen (secondary N) is 1. The van der Waals surface area contributed by atoms with Gasteiger partial charge in [0.15, 0.2) is 5.65 Å². The van der Waals surface area contributed by atoms with Crippen molar-refractivity contribution in [2.75, 3.05) is 25.0 Å². The number of hydrogen-bond acceptors (Lipinski definition) is 6. The molecule has 2 aromatic heterocycles. The zero-order valence-corrected chi connectivity index (χ0v) is 19.0. The first kappa shape index (κ1) is 21.2. The molecule has 0 unspecified atom stereocenters. The van der Waals surface area contributed by atoms with E-state index in [-0.39, 0.29) is 23.3 Å². The van der Waals surface area contributed by atoms with E-state index < -0.39 is 0 Å². The van der Waals surface area contributed by atoms with Gasteiger partial charge >= 0.3 is 0 Å². The van der Waals surface area contributed by atoms with Crippen LogP contribution in [0.4, 0.5) is 5.69 Å². The summed E-state index contributed by atoms with van der Waals surface area (Å²) in [6.07, 6.45) is 6.07. The lowest BCUT2D eigenvalue weighted by molar-refractivity contribution is -0.127. The topological polar surface area (TPSA) is 98.1 Å². The van der Waals surface area contributed by atoms with Gasteiger partial charge in [-0.25, -0.2) is 9.50 Å². The van der Waals surface area contributed by atoms with E-state index in [0.29, 0.717) is 48.8 Å². The summed E-state index contributed by atoms with van der Waals surface area (Å²) >= 11 is 0. The maximum atomic E-state index is 13.1. The number of fused-ring (bicyclic) bond motifs is 2. The van der Waals surface area contributed by atoms with Crippen LogP contribution in [0.1, 0.15) is 43.1 Å². The number of likely N-dealkylation sites (tertiary alicyclic amines) is 1. The van der Waals surface area contributed by atoms with Crippen LogP contribution in [-0.2, 0) is 11.2 Å². The summed E-state index contributed by atoms with van der Waals surface area (Å²) in [7, 11) is 0.